The van der Waals surface area contributed by atoms with Gasteiger partial charge in [-0.2, -0.15) is 0 Å². The minimum absolute atomic E-state index is 0.291. The minimum Gasteiger partial charge on any atom is -0.482 e. The van der Waals surface area contributed by atoms with Gasteiger partial charge < -0.3 is 15.2 Å². The van der Waals surface area contributed by atoms with Crippen LogP contribution in [0.4, 0.5) is 0 Å². The summed E-state index contributed by atoms with van der Waals surface area (Å²) in [6, 6.07) is 8.20. The molecule has 1 fully saturated rings. The molecule has 1 aromatic carbocycles. The highest BCUT2D eigenvalue weighted by atomic mass is 16.5. The van der Waals surface area contributed by atoms with Crippen LogP contribution in [0.1, 0.15) is 37.7 Å². The maximum Gasteiger partial charge on any atom is 0.341 e. The van der Waals surface area contributed by atoms with E-state index in [1.165, 1.54) is 32.1 Å². The van der Waals surface area contributed by atoms with Crippen molar-refractivity contribution < 1.29 is 14.6 Å². The zero-order valence-electron chi connectivity index (χ0n) is 11.1. The Bertz CT molecular complexity index is 414. The van der Waals surface area contributed by atoms with Crippen molar-refractivity contribution in [2.45, 2.75) is 44.7 Å². The van der Waals surface area contributed by atoms with Crippen LogP contribution in [-0.4, -0.2) is 23.7 Å². The minimum atomic E-state index is -0.949. The number of para-hydroxylation sites is 1. The molecule has 0 atom stereocenters. The molecule has 0 amide bonds. The average molecular weight is 263 g/mol. The van der Waals surface area contributed by atoms with Gasteiger partial charge in [-0.3, -0.25) is 0 Å². The fourth-order valence-corrected chi connectivity index (χ4v) is 2.49. The van der Waals surface area contributed by atoms with E-state index in [2.05, 4.69) is 5.32 Å². The zero-order valence-corrected chi connectivity index (χ0v) is 11.1. The molecule has 19 heavy (non-hydrogen) atoms. The Kier molecular flexibility index (Phi) is 5.21. The third-order valence-corrected chi connectivity index (χ3v) is 3.51. The number of ether oxygens (including phenoxy) is 1. The molecule has 2 N–H and O–H groups in total. The number of nitrogens with one attached hydrogen (secondary N) is 1. The van der Waals surface area contributed by atoms with Crippen LogP contribution < -0.4 is 10.1 Å². The molecular formula is C15H21NO3. The van der Waals surface area contributed by atoms with E-state index in [0.717, 1.165) is 12.1 Å². The van der Waals surface area contributed by atoms with Crippen molar-refractivity contribution in [1.82, 2.24) is 5.32 Å². The van der Waals surface area contributed by atoms with E-state index in [9.17, 15) is 4.79 Å². The summed E-state index contributed by atoms with van der Waals surface area (Å²) >= 11 is 0. The Labute approximate surface area is 113 Å². The number of hydrogen-bond donors (Lipinski definition) is 2. The first-order valence-corrected chi connectivity index (χ1v) is 6.91. The summed E-state index contributed by atoms with van der Waals surface area (Å²) in [7, 11) is 0. The fourth-order valence-electron chi connectivity index (χ4n) is 2.49. The van der Waals surface area contributed by atoms with Gasteiger partial charge in [-0.15, -0.1) is 0 Å². The molecule has 0 saturated heterocycles. The summed E-state index contributed by atoms with van der Waals surface area (Å²) in [6.45, 7) is 0.445. The highest BCUT2D eigenvalue weighted by Crippen LogP contribution is 2.21. The SMILES string of the molecule is O=C(O)COc1ccccc1CNC1CCCCC1. The molecule has 1 aliphatic rings. The van der Waals surface area contributed by atoms with Crippen molar-refractivity contribution in [3.05, 3.63) is 29.8 Å². The smallest absolute Gasteiger partial charge is 0.341 e. The Hall–Kier alpha value is -1.55. The molecule has 0 aliphatic heterocycles. The Morgan fingerprint density at radius 2 is 2.00 bits per heavy atom. The lowest BCUT2D eigenvalue weighted by Crippen LogP contribution is -2.30. The molecule has 2 rings (SSSR count). The van der Waals surface area contributed by atoms with Gasteiger partial charge in [0.1, 0.15) is 5.75 Å². The number of carboxylic acids is 1. The van der Waals surface area contributed by atoms with Gasteiger partial charge in [0, 0.05) is 18.2 Å². The van der Waals surface area contributed by atoms with Gasteiger partial charge in [-0.05, 0) is 18.9 Å². The second-order valence-corrected chi connectivity index (χ2v) is 5.01. The van der Waals surface area contributed by atoms with Crippen molar-refractivity contribution in [3.8, 4) is 5.75 Å². The highest BCUT2D eigenvalue weighted by Gasteiger charge is 2.13. The van der Waals surface area contributed by atoms with Crippen LogP contribution in [0.25, 0.3) is 0 Å². The topological polar surface area (TPSA) is 58.6 Å². The van der Waals surface area contributed by atoms with Crippen molar-refractivity contribution in [2.75, 3.05) is 6.61 Å². The lowest BCUT2D eigenvalue weighted by atomic mass is 9.95. The molecule has 0 aromatic heterocycles. The second kappa shape index (κ2) is 7.14. The molecule has 4 nitrogen and oxygen atoms in total. The molecule has 1 aromatic rings. The first kappa shape index (κ1) is 13.9. The van der Waals surface area contributed by atoms with E-state index >= 15 is 0 Å². The molecule has 4 heteroatoms. The lowest BCUT2D eigenvalue weighted by molar-refractivity contribution is -0.139. The number of aliphatic carboxylic acids is 1. The maximum absolute atomic E-state index is 10.5. The van der Waals surface area contributed by atoms with Gasteiger partial charge in [0.2, 0.25) is 0 Å². The van der Waals surface area contributed by atoms with Gasteiger partial charge in [0.15, 0.2) is 6.61 Å². The first-order chi connectivity index (χ1) is 9.25. The third kappa shape index (κ3) is 4.56. The quantitative estimate of drug-likeness (QED) is 0.828. The number of carbonyl (C=O) groups is 1. The third-order valence-electron chi connectivity index (χ3n) is 3.51. The molecular weight excluding hydrogens is 242 g/mol. The van der Waals surface area contributed by atoms with Crippen LogP contribution in [0.5, 0.6) is 5.75 Å². The average Bonchev–Trinajstić information content (AvgIpc) is 2.45. The predicted octanol–water partition coefficient (Wildman–Crippen LogP) is 2.57. The summed E-state index contributed by atoms with van der Waals surface area (Å²) in [5.41, 5.74) is 1.02. The summed E-state index contributed by atoms with van der Waals surface area (Å²) < 4.78 is 5.30. The van der Waals surface area contributed by atoms with Crippen LogP contribution >= 0.6 is 0 Å². The molecule has 1 saturated carbocycles. The van der Waals surface area contributed by atoms with Crippen molar-refractivity contribution in [1.29, 1.82) is 0 Å². The highest BCUT2D eigenvalue weighted by molar-refractivity contribution is 5.68. The van der Waals surface area contributed by atoms with Crippen LogP contribution in [0.2, 0.25) is 0 Å². The normalized spacial score (nSPS) is 16.2. The number of benzene rings is 1. The Morgan fingerprint density at radius 1 is 1.26 bits per heavy atom. The molecule has 0 bridgehead atoms. The van der Waals surface area contributed by atoms with Gasteiger partial charge >= 0.3 is 5.97 Å². The van der Waals surface area contributed by atoms with Gasteiger partial charge in [-0.25, -0.2) is 4.79 Å². The number of carboxylic acid groups (broad SMARTS) is 1. The summed E-state index contributed by atoms with van der Waals surface area (Å²) in [5.74, 6) is -0.289. The Balaban J connectivity index is 1.89. The van der Waals surface area contributed by atoms with Gasteiger partial charge in [0.25, 0.3) is 0 Å². The predicted molar refractivity (Wildman–Crippen MR) is 73.3 cm³/mol. The van der Waals surface area contributed by atoms with E-state index in [1.807, 2.05) is 24.3 Å². The van der Waals surface area contributed by atoms with Crippen molar-refractivity contribution in [2.24, 2.45) is 0 Å². The fraction of sp³-hybridized carbons (Fsp3) is 0.533. The van der Waals surface area contributed by atoms with Crippen LogP contribution in [0, 0.1) is 0 Å². The van der Waals surface area contributed by atoms with Crippen molar-refractivity contribution in [3.63, 3.8) is 0 Å². The monoisotopic (exact) mass is 263 g/mol. The molecule has 0 spiro atoms. The van der Waals surface area contributed by atoms with E-state index in [4.69, 9.17) is 9.84 Å². The number of hydrogen-bond acceptors (Lipinski definition) is 3. The Morgan fingerprint density at radius 3 is 2.74 bits per heavy atom. The molecule has 104 valence electrons. The first-order valence-electron chi connectivity index (χ1n) is 6.91. The van der Waals surface area contributed by atoms with E-state index in [1.54, 1.807) is 0 Å². The summed E-state index contributed by atoms with van der Waals surface area (Å²) in [4.78, 5) is 10.5. The molecule has 0 unspecified atom stereocenters. The van der Waals surface area contributed by atoms with Crippen LogP contribution in [-0.2, 0) is 11.3 Å². The maximum atomic E-state index is 10.5. The largest absolute Gasteiger partial charge is 0.482 e. The second-order valence-electron chi connectivity index (χ2n) is 5.01. The van der Waals surface area contributed by atoms with Gasteiger partial charge in [0.05, 0.1) is 0 Å². The molecule has 0 radical (unpaired) electrons. The van der Waals surface area contributed by atoms with Crippen LogP contribution in [0.3, 0.4) is 0 Å². The molecule has 1 aliphatic carbocycles. The molecule has 0 heterocycles. The zero-order chi connectivity index (χ0) is 13.5. The number of rotatable bonds is 6. The van der Waals surface area contributed by atoms with Gasteiger partial charge in [-0.1, -0.05) is 37.5 Å². The summed E-state index contributed by atoms with van der Waals surface area (Å²) in [6.07, 6.45) is 6.41. The van der Waals surface area contributed by atoms with E-state index in [0.29, 0.717) is 11.8 Å². The lowest BCUT2D eigenvalue weighted by Gasteiger charge is -2.23. The van der Waals surface area contributed by atoms with Crippen molar-refractivity contribution >= 4 is 5.97 Å². The summed E-state index contributed by atoms with van der Waals surface area (Å²) in [5, 5.41) is 12.2. The van der Waals surface area contributed by atoms with Crippen LogP contribution in [0.15, 0.2) is 24.3 Å². The standard InChI is InChI=1S/C15H21NO3/c17-15(18)11-19-14-9-5-4-6-12(14)10-16-13-7-2-1-3-8-13/h4-6,9,13,16H,1-3,7-8,10-11H2,(H,17,18). The van der Waals surface area contributed by atoms with E-state index in [-0.39, 0.29) is 6.61 Å². The van der Waals surface area contributed by atoms with E-state index < -0.39 is 5.97 Å².